The molecule has 4 atom stereocenters. The van der Waals surface area contributed by atoms with Crippen LogP contribution < -0.4 is 10.6 Å². The Morgan fingerprint density at radius 2 is 1.95 bits per heavy atom. The summed E-state index contributed by atoms with van der Waals surface area (Å²) in [4.78, 5) is 11.9. The number of urea groups is 1. The van der Waals surface area contributed by atoms with Crippen LogP contribution in [0.5, 0.6) is 0 Å². The number of carbonyl (C=O) groups is 1. The molecule has 1 aromatic rings. The van der Waals surface area contributed by atoms with E-state index in [2.05, 4.69) is 10.6 Å². The lowest BCUT2D eigenvalue weighted by atomic mass is 10.1. The molecule has 0 aromatic heterocycles. The van der Waals surface area contributed by atoms with Crippen molar-refractivity contribution in [3.05, 3.63) is 30.3 Å². The summed E-state index contributed by atoms with van der Waals surface area (Å²) in [5.41, 5.74) is 0.752. The molecule has 0 aliphatic carbocycles. The SMILES string of the molecule is CO[C@@H]1CO[C@H]2[C@@H]1OC[C@@H]2NC(=O)Nc1ccccc1. The van der Waals surface area contributed by atoms with Gasteiger partial charge in [-0.1, -0.05) is 18.2 Å². The van der Waals surface area contributed by atoms with Crippen LogP contribution >= 0.6 is 0 Å². The Hall–Kier alpha value is -1.63. The molecule has 3 rings (SSSR count). The Morgan fingerprint density at radius 3 is 2.70 bits per heavy atom. The summed E-state index contributed by atoms with van der Waals surface area (Å²) in [6.07, 6.45) is -0.285. The lowest BCUT2D eigenvalue weighted by Gasteiger charge is -2.18. The van der Waals surface area contributed by atoms with Gasteiger partial charge < -0.3 is 24.8 Å². The second kappa shape index (κ2) is 5.78. The fourth-order valence-corrected chi connectivity index (χ4v) is 2.65. The van der Waals surface area contributed by atoms with Crippen LogP contribution in [0.15, 0.2) is 30.3 Å². The first-order chi connectivity index (χ1) is 9.78. The maximum Gasteiger partial charge on any atom is 0.319 e. The molecule has 1 aromatic carbocycles. The van der Waals surface area contributed by atoms with E-state index in [0.29, 0.717) is 13.2 Å². The van der Waals surface area contributed by atoms with Crippen molar-refractivity contribution < 1.29 is 19.0 Å². The largest absolute Gasteiger partial charge is 0.376 e. The lowest BCUT2D eigenvalue weighted by Crippen LogP contribution is -2.46. The van der Waals surface area contributed by atoms with Gasteiger partial charge in [0.25, 0.3) is 0 Å². The monoisotopic (exact) mass is 278 g/mol. The van der Waals surface area contributed by atoms with Gasteiger partial charge >= 0.3 is 6.03 Å². The molecule has 2 amide bonds. The quantitative estimate of drug-likeness (QED) is 0.865. The number of hydrogen-bond donors (Lipinski definition) is 2. The summed E-state index contributed by atoms with van der Waals surface area (Å²) in [6.45, 7) is 0.946. The van der Waals surface area contributed by atoms with Crippen molar-refractivity contribution in [2.45, 2.75) is 24.4 Å². The minimum Gasteiger partial charge on any atom is -0.376 e. The first-order valence-electron chi connectivity index (χ1n) is 6.66. The smallest absolute Gasteiger partial charge is 0.319 e. The summed E-state index contributed by atoms with van der Waals surface area (Å²) in [5, 5.41) is 5.67. The minimum absolute atomic E-state index is 0.0519. The number of fused-ring (bicyclic) bond motifs is 1. The number of ether oxygens (including phenoxy) is 3. The Balaban J connectivity index is 1.55. The van der Waals surface area contributed by atoms with E-state index in [0.717, 1.165) is 5.69 Å². The highest BCUT2D eigenvalue weighted by Crippen LogP contribution is 2.28. The minimum atomic E-state index is -0.255. The van der Waals surface area contributed by atoms with Gasteiger partial charge in [-0.15, -0.1) is 0 Å². The third-order valence-electron chi connectivity index (χ3n) is 3.66. The molecule has 2 heterocycles. The second-order valence-corrected chi connectivity index (χ2v) is 4.94. The number of carbonyl (C=O) groups excluding carboxylic acids is 1. The van der Waals surface area contributed by atoms with Crippen LogP contribution in [0.1, 0.15) is 0 Å². The van der Waals surface area contributed by atoms with E-state index in [1.54, 1.807) is 7.11 Å². The standard InChI is InChI=1S/C14H18N2O4/c1-18-11-8-20-12-10(7-19-13(11)12)16-14(17)15-9-5-3-2-4-6-9/h2-6,10-13H,7-8H2,1H3,(H2,15,16,17)/t10-,11+,12+,13+/m0/s1. The number of benzene rings is 1. The Morgan fingerprint density at radius 1 is 1.20 bits per heavy atom. The number of methoxy groups -OCH3 is 1. The van der Waals surface area contributed by atoms with Crippen LogP contribution in [0.4, 0.5) is 10.5 Å². The Kier molecular flexibility index (Phi) is 3.86. The average Bonchev–Trinajstić information content (AvgIpc) is 3.02. The predicted octanol–water partition coefficient (Wildman–Crippen LogP) is 0.989. The van der Waals surface area contributed by atoms with Gasteiger partial charge in [0.05, 0.1) is 19.3 Å². The topological polar surface area (TPSA) is 68.8 Å². The summed E-state index contributed by atoms with van der Waals surface area (Å²) in [7, 11) is 1.64. The molecule has 20 heavy (non-hydrogen) atoms. The molecule has 0 saturated carbocycles. The summed E-state index contributed by atoms with van der Waals surface area (Å²) >= 11 is 0. The van der Waals surface area contributed by atoms with Crippen LogP contribution in [0.3, 0.4) is 0 Å². The summed E-state index contributed by atoms with van der Waals surface area (Å²) in [6, 6.07) is 8.90. The molecule has 6 heteroatoms. The summed E-state index contributed by atoms with van der Waals surface area (Å²) < 4.78 is 16.6. The molecule has 2 N–H and O–H groups in total. The number of amides is 2. The third-order valence-corrected chi connectivity index (χ3v) is 3.66. The summed E-state index contributed by atoms with van der Waals surface area (Å²) in [5.74, 6) is 0. The predicted molar refractivity (Wildman–Crippen MR) is 72.7 cm³/mol. The van der Waals surface area contributed by atoms with E-state index in [-0.39, 0.29) is 30.4 Å². The fourth-order valence-electron chi connectivity index (χ4n) is 2.65. The Bertz CT molecular complexity index is 468. The molecule has 108 valence electrons. The van der Waals surface area contributed by atoms with Gasteiger partial charge in [0.15, 0.2) is 0 Å². The molecule has 0 radical (unpaired) electrons. The van der Waals surface area contributed by atoms with Gasteiger partial charge in [0.2, 0.25) is 0 Å². The van der Waals surface area contributed by atoms with Gasteiger partial charge in [0.1, 0.15) is 18.3 Å². The van der Waals surface area contributed by atoms with Crippen LogP contribution in [0, 0.1) is 0 Å². The molecule has 2 aliphatic heterocycles. The fraction of sp³-hybridized carbons (Fsp3) is 0.500. The van der Waals surface area contributed by atoms with E-state index >= 15 is 0 Å². The van der Waals surface area contributed by atoms with Gasteiger partial charge in [-0.3, -0.25) is 0 Å². The van der Waals surface area contributed by atoms with Crippen molar-refractivity contribution in [3.63, 3.8) is 0 Å². The van der Waals surface area contributed by atoms with Crippen molar-refractivity contribution >= 4 is 11.7 Å². The number of anilines is 1. The van der Waals surface area contributed by atoms with Crippen LogP contribution in [-0.4, -0.2) is 50.7 Å². The maximum atomic E-state index is 11.9. The van der Waals surface area contributed by atoms with Gasteiger partial charge in [-0.25, -0.2) is 4.79 Å². The Labute approximate surface area is 117 Å². The van der Waals surface area contributed by atoms with E-state index in [4.69, 9.17) is 14.2 Å². The van der Waals surface area contributed by atoms with E-state index in [1.165, 1.54) is 0 Å². The molecular weight excluding hydrogens is 260 g/mol. The number of para-hydroxylation sites is 1. The molecule has 6 nitrogen and oxygen atoms in total. The molecule has 0 bridgehead atoms. The van der Waals surface area contributed by atoms with E-state index in [9.17, 15) is 4.79 Å². The number of nitrogens with one attached hydrogen (secondary N) is 2. The van der Waals surface area contributed by atoms with Crippen molar-refractivity contribution in [2.75, 3.05) is 25.6 Å². The highest BCUT2D eigenvalue weighted by molar-refractivity contribution is 5.89. The highest BCUT2D eigenvalue weighted by Gasteiger charge is 2.48. The van der Waals surface area contributed by atoms with Crippen LogP contribution in [0.2, 0.25) is 0 Å². The first-order valence-corrected chi connectivity index (χ1v) is 6.66. The number of hydrogen-bond acceptors (Lipinski definition) is 4. The normalized spacial score (nSPS) is 31.9. The molecule has 0 unspecified atom stereocenters. The zero-order chi connectivity index (χ0) is 13.9. The van der Waals surface area contributed by atoms with Crippen molar-refractivity contribution in [2.24, 2.45) is 0 Å². The zero-order valence-electron chi connectivity index (χ0n) is 11.2. The van der Waals surface area contributed by atoms with Crippen molar-refractivity contribution in [1.82, 2.24) is 5.32 Å². The van der Waals surface area contributed by atoms with Crippen molar-refractivity contribution in [1.29, 1.82) is 0 Å². The molecular formula is C14H18N2O4. The second-order valence-electron chi connectivity index (χ2n) is 4.94. The highest BCUT2D eigenvalue weighted by atomic mass is 16.6. The average molecular weight is 278 g/mol. The third kappa shape index (κ3) is 2.63. The van der Waals surface area contributed by atoms with Gasteiger partial charge in [0, 0.05) is 12.8 Å². The van der Waals surface area contributed by atoms with Crippen LogP contribution in [0.25, 0.3) is 0 Å². The molecule has 2 fully saturated rings. The maximum absolute atomic E-state index is 11.9. The first kappa shape index (κ1) is 13.4. The lowest BCUT2D eigenvalue weighted by molar-refractivity contribution is -0.00805. The molecule has 0 spiro atoms. The van der Waals surface area contributed by atoms with Gasteiger partial charge in [-0.05, 0) is 12.1 Å². The van der Waals surface area contributed by atoms with Gasteiger partial charge in [-0.2, -0.15) is 0 Å². The zero-order valence-corrected chi connectivity index (χ0v) is 11.2. The van der Waals surface area contributed by atoms with E-state index in [1.807, 2.05) is 30.3 Å². The molecule has 2 saturated heterocycles. The van der Waals surface area contributed by atoms with Crippen LogP contribution in [-0.2, 0) is 14.2 Å². The number of rotatable bonds is 3. The van der Waals surface area contributed by atoms with Crippen molar-refractivity contribution in [3.8, 4) is 0 Å². The van der Waals surface area contributed by atoms with E-state index < -0.39 is 0 Å². The molecule has 2 aliphatic rings.